The third-order valence-electron chi connectivity index (χ3n) is 5.67. The fourth-order valence-electron chi connectivity index (χ4n) is 3.86. The van der Waals surface area contributed by atoms with Crippen molar-refractivity contribution >= 4 is 63.2 Å². The van der Waals surface area contributed by atoms with Crippen LogP contribution in [0.5, 0.6) is 0 Å². The van der Waals surface area contributed by atoms with Gasteiger partial charge in [-0.1, -0.05) is 17.7 Å². The van der Waals surface area contributed by atoms with E-state index < -0.39 is 17.1 Å². The van der Waals surface area contributed by atoms with Gasteiger partial charge in [-0.2, -0.15) is 0 Å². The van der Waals surface area contributed by atoms with E-state index >= 15 is 0 Å². The number of halogens is 1. The van der Waals surface area contributed by atoms with Gasteiger partial charge in [0.2, 0.25) is 5.91 Å². The van der Waals surface area contributed by atoms with E-state index in [0.717, 1.165) is 44.9 Å². The van der Waals surface area contributed by atoms with Gasteiger partial charge < -0.3 is 9.88 Å². The van der Waals surface area contributed by atoms with Crippen LogP contribution in [0, 0.1) is 31.3 Å². The van der Waals surface area contributed by atoms with Crippen LogP contribution >= 0.6 is 34.4 Å². The lowest BCUT2D eigenvalue weighted by atomic mass is 10.2. The third kappa shape index (κ3) is 4.97. The van der Waals surface area contributed by atoms with Gasteiger partial charge in [-0.25, -0.2) is 0 Å². The first-order valence-electron chi connectivity index (χ1n) is 10.7. The molecule has 1 fully saturated rings. The van der Waals surface area contributed by atoms with Gasteiger partial charge in [0, 0.05) is 26.3 Å². The first-order chi connectivity index (χ1) is 16.1. The van der Waals surface area contributed by atoms with Gasteiger partial charge in [0.15, 0.2) is 0 Å². The molecule has 2 heterocycles. The van der Waals surface area contributed by atoms with E-state index in [9.17, 15) is 14.4 Å². The van der Waals surface area contributed by atoms with Crippen molar-refractivity contribution < 1.29 is 14.4 Å². The minimum absolute atomic E-state index is 0.312. The molecule has 0 unspecified atom stereocenters. The first-order valence-corrected chi connectivity index (χ1v) is 12.6. The average molecular weight is 585 g/mol. The molecule has 1 aliphatic rings. The van der Waals surface area contributed by atoms with E-state index in [4.69, 9.17) is 0 Å². The largest absolute Gasteiger partial charge is 0.325 e. The molecular weight excluding hydrogens is 561 g/mol. The fraction of sp³-hybridized carbons (Fsp3) is 0.192. The van der Waals surface area contributed by atoms with E-state index in [1.807, 2.05) is 39.0 Å². The standard InChI is InChI=1S/C26H24IN3O3S/c1-15-5-7-20(8-6-15)28-24(31)14-29-25(32)23(34-26(29)33)13-19-12-17(3)30(18(19)4)21-9-10-22(27)16(2)11-21/h5-13H,14H2,1-4H3,(H,28,31)/b23-13-. The van der Waals surface area contributed by atoms with Gasteiger partial charge in [0.25, 0.3) is 11.1 Å². The Morgan fingerprint density at radius 2 is 1.74 bits per heavy atom. The highest BCUT2D eigenvalue weighted by molar-refractivity contribution is 14.1. The summed E-state index contributed by atoms with van der Waals surface area (Å²) in [6.07, 6.45) is 1.74. The molecule has 34 heavy (non-hydrogen) atoms. The van der Waals surface area contributed by atoms with Crippen LogP contribution in [0.4, 0.5) is 10.5 Å². The summed E-state index contributed by atoms with van der Waals surface area (Å²) in [7, 11) is 0. The van der Waals surface area contributed by atoms with Gasteiger partial charge in [0.05, 0.1) is 4.91 Å². The molecule has 0 aliphatic carbocycles. The van der Waals surface area contributed by atoms with Crippen LogP contribution < -0.4 is 5.32 Å². The summed E-state index contributed by atoms with van der Waals surface area (Å²) < 4.78 is 3.33. The minimum atomic E-state index is -0.455. The Morgan fingerprint density at radius 1 is 1.03 bits per heavy atom. The van der Waals surface area contributed by atoms with Crippen LogP contribution in [0.15, 0.2) is 53.4 Å². The van der Waals surface area contributed by atoms with Crippen molar-refractivity contribution in [2.75, 3.05) is 11.9 Å². The molecule has 174 valence electrons. The van der Waals surface area contributed by atoms with E-state index in [2.05, 4.69) is 57.6 Å². The molecule has 0 radical (unpaired) electrons. The zero-order valence-corrected chi connectivity index (χ0v) is 22.3. The highest BCUT2D eigenvalue weighted by Crippen LogP contribution is 2.34. The second kappa shape index (κ2) is 9.79. The average Bonchev–Trinajstić information content (AvgIpc) is 3.21. The van der Waals surface area contributed by atoms with Gasteiger partial charge >= 0.3 is 0 Å². The molecule has 8 heteroatoms. The molecule has 6 nitrogen and oxygen atoms in total. The van der Waals surface area contributed by atoms with E-state index in [-0.39, 0.29) is 6.54 Å². The molecule has 1 saturated heterocycles. The Balaban J connectivity index is 1.53. The first kappa shape index (κ1) is 24.3. The second-order valence-electron chi connectivity index (χ2n) is 8.28. The zero-order valence-electron chi connectivity index (χ0n) is 19.3. The lowest BCUT2D eigenvalue weighted by Gasteiger charge is -2.12. The maximum absolute atomic E-state index is 12.9. The van der Waals surface area contributed by atoms with Gasteiger partial charge in [-0.15, -0.1) is 0 Å². The number of carbonyl (C=O) groups excluding carboxylic acids is 3. The SMILES string of the molecule is Cc1ccc(NC(=O)CN2C(=O)S/C(=C\c3cc(C)n(-c4ccc(I)c(C)c4)c3C)C2=O)cc1. The molecule has 3 amide bonds. The molecule has 1 N–H and O–H groups in total. The van der Waals surface area contributed by atoms with E-state index in [1.165, 1.54) is 9.13 Å². The van der Waals surface area contributed by atoms with Gasteiger partial charge in [0.1, 0.15) is 6.54 Å². The Kier molecular flexibility index (Phi) is 6.99. The predicted octanol–water partition coefficient (Wildman–Crippen LogP) is 5.99. The molecule has 0 spiro atoms. The smallest absolute Gasteiger partial charge is 0.294 e. The molecule has 0 bridgehead atoms. The number of aryl methyl sites for hydroxylation is 3. The molecule has 2 aromatic carbocycles. The van der Waals surface area contributed by atoms with Crippen LogP contribution in [0.3, 0.4) is 0 Å². The number of amides is 3. The maximum atomic E-state index is 12.9. The van der Waals surface area contributed by atoms with Crippen molar-refractivity contribution in [1.82, 2.24) is 9.47 Å². The van der Waals surface area contributed by atoms with Crippen LogP contribution in [0.2, 0.25) is 0 Å². The number of carbonyl (C=O) groups is 3. The summed E-state index contributed by atoms with van der Waals surface area (Å²) in [6, 6.07) is 15.6. The summed E-state index contributed by atoms with van der Waals surface area (Å²) in [5.74, 6) is -0.872. The number of anilines is 1. The summed E-state index contributed by atoms with van der Waals surface area (Å²) in [4.78, 5) is 39.2. The summed E-state index contributed by atoms with van der Waals surface area (Å²) >= 11 is 3.17. The minimum Gasteiger partial charge on any atom is -0.325 e. The number of hydrogen-bond acceptors (Lipinski definition) is 4. The number of aromatic nitrogens is 1. The Morgan fingerprint density at radius 3 is 2.41 bits per heavy atom. The number of rotatable bonds is 5. The molecule has 0 saturated carbocycles. The van der Waals surface area contributed by atoms with E-state index in [1.54, 1.807) is 18.2 Å². The summed E-state index contributed by atoms with van der Waals surface area (Å²) in [5, 5.41) is 2.28. The van der Waals surface area contributed by atoms with Gasteiger partial charge in [-0.05, 0) is 116 Å². The number of nitrogens with one attached hydrogen (secondary N) is 1. The molecule has 4 rings (SSSR count). The molecule has 3 aromatic rings. The molecular formula is C26H24IN3O3S. The molecule has 1 aliphatic heterocycles. The van der Waals surface area contributed by atoms with Crippen LogP contribution in [0.25, 0.3) is 11.8 Å². The maximum Gasteiger partial charge on any atom is 0.294 e. The summed E-state index contributed by atoms with van der Waals surface area (Å²) in [6.45, 7) is 7.71. The number of hydrogen-bond donors (Lipinski definition) is 1. The second-order valence-corrected chi connectivity index (χ2v) is 10.4. The van der Waals surface area contributed by atoms with Crippen LogP contribution in [0.1, 0.15) is 28.1 Å². The Bertz CT molecular complexity index is 1340. The highest BCUT2D eigenvalue weighted by atomic mass is 127. The lowest BCUT2D eigenvalue weighted by Crippen LogP contribution is -2.36. The van der Waals surface area contributed by atoms with Crippen LogP contribution in [-0.2, 0) is 9.59 Å². The number of nitrogens with zero attached hydrogens (tertiary/aromatic N) is 2. The van der Waals surface area contributed by atoms with Crippen molar-refractivity contribution in [1.29, 1.82) is 0 Å². The number of thioether (sulfide) groups is 1. The van der Waals surface area contributed by atoms with E-state index in [0.29, 0.717) is 10.6 Å². The lowest BCUT2D eigenvalue weighted by molar-refractivity contribution is -0.127. The number of imide groups is 1. The molecule has 0 atom stereocenters. The molecule has 1 aromatic heterocycles. The Labute approximate surface area is 216 Å². The normalized spacial score (nSPS) is 14.9. The van der Waals surface area contributed by atoms with Crippen molar-refractivity contribution in [3.05, 3.63) is 85.1 Å². The quantitative estimate of drug-likeness (QED) is 0.295. The Hall–Kier alpha value is -2.85. The van der Waals surface area contributed by atoms with Crippen molar-refractivity contribution in [2.45, 2.75) is 27.7 Å². The topological polar surface area (TPSA) is 71.4 Å². The third-order valence-corrected chi connectivity index (χ3v) is 7.78. The van der Waals surface area contributed by atoms with Crippen molar-refractivity contribution in [3.63, 3.8) is 0 Å². The van der Waals surface area contributed by atoms with Crippen LogP contribution in [-0.4, -0.2) is 33.1 Å². The summed E-state index contributed by atoms with van der Waals surface area (Å²) in [5.41, 5.74) is 6.80. The monoisotopic (exact) mass is 585 g/mol. The predicted molar refractivity (Wildman–Crippen MR) is 145 cm³/mol. The van der Waals surface area contributed by atoms with Gasteiger partial charge in [-0.3, -0.25) is 19.3 Å². The van der Waals surface area contributed by atoms with Crippen molar-refractivity contribution in [2.24, 2.45) is 0 Å². The number of benzene rings is 2. The zero-order chi connectivity index (χ0) is 24.6. The highest BCUT2D eigenvalue weighted by Gasteiger charge is 2.36. The van der Waals surface area contributed by atoms with Crippen molar-refractivity contribution in [3.8, 4) is 5.69 Å². The fourth-order valence-corrected chi connectivity index (χ4v) is 5.02.